The molecule has 148 valence electrons. The number of alkyl halides is 3. The molecule has 1 atom stereocenters. The van der Waals surface area contributed by atoms with Gasteiger partial charge < -0.3 is 4.90 Å². The summed E-state index contributed by atoms with van der Waals surface area (Å²) in [5.41, 5.74) is -0.0440. The summed E-state index contributed by atoms with van der Waals surface area (Å²) in [5, 5.41) is 8.24. The number of rotatable bonds is 3. The minimum atomic E-state index is -4.54. The minimum absolute atomic E-state index is 0.0853. The van der Waals surface area contributed by atoms with Crippen molar-refractivity contribution in [2.24, 2.45) is 0 Å². The van der Waals surface area contributed by atoms with Crippen molar-refractivity contribution in [2.45, 2.75) is 44.9 Å². The number of piperidine rings is 1. The molecule has 1 aliphatic rings. The largest absolute Gasteiger partial charge is 0.433 e. The molecular formula is C18H19F3N6O. The molecule has 1 fully saturated rings. The van der Waals surface area contributed by atoms with E-state index in [2.05, 4.69) is 15.2 Å². The van der Waals surface area contributed by atoms with E-state index in [0.29, 0.717) is 18.7 Å². The molecule has 0 aliphatic carbocycles. The monoisotopic (exact) mass is 392 g/mol. The summed E-state index contributed by atoms with van der Waals surface area (Å²) in [6, 6.07) is 3.88. The van der Waals surface area contributed by atoms with E-state index in [0.717, 1.165) is 23.4 Å². The Morgan fingerprint density at radius 1 is 1.29 bits per heavy atom. The lowest BCUT2D eigenvalue weighted by Crippen LogP contribution is -2.40. The Balaban J connectivity index is 1.69. The van der Waals surface area contributed by atoms with E-state index in [-0.39, 0.29) is 29.8 Å². The van der Waals surface area contributed by atoms with Gasteiger partial charge in [-0.15, -0.1) is 0 Å². The van der Waals surface area contributed by atoms with Crippen molar-refractivity contribution in [1.82, 2.24) is 29.3 Å². The standard InChI is InChI=1S/C18H19F3N6O/c1-12-9-15(18(19,20)21)27-16(23-12)10-13(24-27)14-5-2-3-8-26(14)17(28)11-25-7-4-6-22-25/h4,6-7,9-10,14H,2-3,5,8,11H2,1H3/t14-/m1/s1. The smallest absolute Gasteiger partial charge is 0.332 e. The molecule has 0 spiro atoms. The van der Waals surface area contributed by atoms with E-state index < -0.39 is 11.9 Å². The number of amides is 1. The molecule has 0 bridgehead atoms. The van der Waals surface area contributed by atoms with Gasteiger partial charge in [0.1, 0.15) is 12.2 Å². The van der Waals surface area contributed by atoms with E-state index >= 15 is 0 Å². The van der Waals surface area contributed by atoms with Gasteiger partial charge in [0.2, 0.25) is 5.91 Å². The van der Waals surface area contributed by atoms with Gasteiger partial charge in [-0.2, -0.15) is 23.4 Å². The maximum Gasteiger partial charge on any atom is 0.433 e. The van der Waals surface area contributed by atoms with Crippen LogP contribution in [0.2, 0.25) is 0 Å². The zero-order valence-electron chi connectivity index (χ0n) is 15.2. The van der Waals surface area contributed by atoms with E-state index in [1.54, 1.807) is 29.4 Å². The Morgan fingerprint density at radius 2 is 2.11 bits per heavy atom. The quantitative estimate of drug-likeness (QED) is 0.687. The fourth-order valence-corrected chi connectivity index (χ4v) is 3.64. The molecule has 0 aromatic carbocycles. The third kappa shape index (κ3) is 3.46. The summed E-state index contributed by atoms with van der Waals surface area (Å²) in [6.07, 6.45) is 1.12. The van der Waals surface area contributed by atoms with Crippen LogP contribution in [0.25, 0.3) is 5.65 Å². The number of aromatic nitrogens is 5. The maximum absolute atomic E-state index is 13.4. The Bertz CT molecular complexity index is 995. The van der Waals surface area contributed by atoms with Crippen molar-refractivity contribution in [1.29, 1.82) is 0 Å². The summed E-state index contributed by atoms with van der Waals surface area (Å²) in [7, 11) is 0. The van der Waals surface area contributed by atoms with Crippen LogP contribution in [0.1, 0.15) is 42.4 Å². The zero-order valence-corrected chi connectivity index (χ0v) is 15.2. The number of halogens is 3. The van der Waals surface area contributed by atoms with Gasteiger partial charge in [-0.3, -0.25) is 9.48 Å². The highest BCUT2D eigenvalue weighted by molar-refractivity contribution is 5.76. The van der Waals surface area contributed by atoms with Gasteiger partial charge >= 0.3 is 6.18 Å². The Morgan fingerprint density at radius 3 is 2.82 bits per heavy atom. The van der Waals surface area contributed by atoms with Gasteiger partial charge in [0, 0.05) is 30.7 Å². The van der Waals surface area contributed by atoms with Crippen molar-refractivity contribution < 1.29 is 18.0 Å². The van der Waals surface area contributed by atoms with Gasteiger partial charge in [-0.1, -0.05) is 0 Å². The minimum Gasteiger partial charge on any atom is -0.332 e. The van der Waals surface area contributed by atoms with E-state index in [9.17, 15) is 18.0 Å². The third-order valence-corrected chi connectivity index (χ3v) is 4.89. The summed E-state index contributed by atoms with van der Waals surface area (Å²) < 4.78 is 42.6. The van der Waals surface area contributed by atoms with Gasteiger partial charge in [0.25, 0.3) is 0 Å². The second kappa shape index (κ2) is 6.92. The van der Waals surface area contributed by atoms with Crippen LogP contribution in [0.5, 0.6) is 0 Å². The highest BCUT2D eigenvalue weighted by Gasteiger charge is 2.36. The third-order valence-electron chi connectivity index (χ3n) is 4.89. The van der Waals surface area contributed by atoms with Crippen molar-refractivity contribution in [2.75, 3.05) is 6.54 Å². The molecule has 7 nitrogen and oxygen atoms in total. The van der Waals surface area contributed by atoms with Crippen molar-refractivity contribution >= 4 is 11.6 Å². The van der Waals surface area contributed by atoms with Crippen LogP contribution in [-0.2, 0) is 17.5 Å². The fourth-order valence-electron chi connectivity index (χ4n) is 3.64. The SMILES string of the molecule is Cc1cc(C(F)(F)F)n2nc([C@H]3CCCCN3C(=O)Cn3cccn3)cc2n1. The van der Waals surface area contributed by atoms with E-state index in [4.69, 9.17) is 0 Å². The zero-order chi connectivity index (χ0) is 19.9. The van der Waals surface area contributed by atoms with Crippen LogP contribution in [-0.4, -0.2) is 41.7 Å². The Hall–Kier alpha value is -2.91. The molecule has 1 saturated heterocycles. The number of carbonyl (C=O) groups excluding carboxylic acids is 1. The first-order chi connectivity index (χ1) is 13.3. The van der Waals surface area contributed by atoms with E-state index in [1.807, 2.05) is 0 Å². The fraction of sp³-hybridized carbons (Fsp3) is 0.444. The molecule has 28 heavy (non-hydrogen) atoms. The second-order valence-electron chi connectivity index (χ2n) is 6.92. The number of hydrogen-bond acceptors (Lipinski definition) is 4. The van der Waals surface area contributed by atoms with Crippen LogP contribution in [0, 0.1) is 6.92 Å². The van der Waals surface area contributed by atoms with Crippen molar-refractivity contribution in [3.8, 4) is 0 Å². The maximum atomic E-state index is 13.4. The highest BCUT2D eigenvalue weighted by Crippen LogP contribution is 2.33. The lowest BCUT2D eigenvalue weighted by atomic mass is 9.99. The average molecular weight is 392 g/mol. The van der Waals surface area contributed by atoms with Gasteiger partial charge in [-0.05, 0) is 38.3 Å². The molecule has 0 N–H and O–H groups in total. The molecule has 3 aromatic heterocycles. The van der Waals surface area contributed by atoms with Gasteiger partial charge in [0.05, 0.1) is 11.7 Å². The predicted molar refractivity (Wildman–Crippen MR) is 93.3 cm³/mol. The average Bonchev–Trinajstić information content (AvgIpc) is 3.29. The van der Waals surface area contributed by atoms with Crippen LogP contribution < -0.4 is 0 Å². The summed E-state index contributed by atoms with van der Waals surface area (Å²) in [6.45, 7) is 2.14. The molecule has 4 heterocycles. The number of aryl methyl sites for hydroxylation is 1. The lowest BCUT2D eigenvalue weighted by Gasteiger charge is -2.34. The van der Waals surface area contributed by atoms with Gasteiger partial charge in [0.15, 0.2) is 5.65 Å². The molecule has 0 unspecified atom stereocenters. The van der Waals surface area contributed by atoms with E-state index in [1.165, 1.54) is 11.6 Å². The number of hydrogen-bond donors (Lipinski definition) is 0. The molecule has 0 saturated carbocycles. The predicted octanol–water partition coefficient (Wildman–Crippen LogP) is 3.01. The lowest BCUT2D eigenvalue weighted by molar-refractivity contribution is -0.143. The number of fused-ring (bicyclic) bond motifs is 1. The highest BCUT2D eigenvalue weighted by atomic mass is 19.4. The number of nitrogens with zero attached hydrogens (tertiary/aromatic N) is 6. The van der Waals surface area contributed by atoms with Crippen molar-refractivity contribution in [3.63, 3.8) is 0 Å². The first-order valence-corrected chi connectivity index (χ1v) is 9.04. The molecular weight excluding hydrogens is 373 g/mol. The van der Waals surface area contributed by atoms with Crippen LogP contribution in [0.15, 0.2) is 30.6 Å². The first kappa shape index (κ1) is 18.5. The van der Waals surface area contributed by atoms with Crippen LogP contribution in [0.3, 0.4) is 0 Å². The second-order valence-corrected chi connectivity index (χ2v) is 6.92. The molecule has 4 rings (SSSR count). The van der Waals surface area contributed by atoms with Crippen LogP contribution >= 0.6 is 0 Å². The summed E-state index contributed by atoms with van der Waals surface area (Å²) >= 11 is 0. The first-order valence-electron chi connectivity index (χ1n) is 9.04. The number of carbonyl (C=O) groups is 1. The molecule has 1 aliphatic heterocycles. The molecule has 10 heteroatoms. The molecule has 1 amide bonds. The summed E-state index contributed by atoms with van der Waals surface area (Å²) in [5.74, 6) is -0.134. The topological polar surface area (TPSA) is 68.3 Å². The Labute approximate surface area is 158 Å². The molecule has 0 radical (unpaired) electrons. The normalized spacial score (nSPS) is 18.0. The molecule has 3 aromatic rings. The van der Waals surface area contributed by atoms with Gasteiger partial charge in [-0.25, -0.2) is 9.50 Å². The van der Waals surface area contributed by atoms with Crippen molar-refractivity contribution in [3.05, 3.63) is 47.7 Å². The van der Waals surface area contributed by atoms with Crippen LogP contribution in [0.4, 0.5) is 13.2 Å². The Kier molecular flexibility index (Phi) is 4.56. The number of likely N-dealkylation sites (tertiary alicyclic amines) is 1. The summed E-state index contributed by atoms with van der Waals surface area (Å²) in [4.78, 5) is 18.6.